The zero-order valence-electron chi connectivity index (χ0n) is 20.4. The molecule has 3 atom stereocenters. The van der Waals surface area contributed by atoms with E-state index in [1.807, 2.05) is 62.4 Å². The summed E-state index contributed by atoms with van der Waals surface area (Å²) in [6.45, 7) is 10.4. The number of hydrogen-bond acceptors (Lipinski definition) is 5. The molecule has 1 N–H and O–H groups in total. The fourth-order valence-corrected chi connectivity index (χ4v) is 5.09. The van der Waals surface area contributed by atoms with Gasteiger partial charge in [-0.05, 0) is 48.1 Å². The van der Waals surface area contributed by atoms with E-state index in [4.69, 9.17) is 9.98 Å². The lowest BCUT2D eigenvalue weighted by atomic mass is 10.00. The molecule has 2 aliphatic rings. The molecule has 6 nitrogen and oxygen atoms in total. The largest absolute Gasteiger partial charge is 0.325 e. The Hall–Kier alpha value is -2.93. The van der Waals surface area contributed by atoms with Crippen LogP contribution in [0.15, 0.2) is 58.5 Å². The molecule has 0 fully saturated rings. The number of para-hydroxylation sites is 1. The fourth-order valence-electron chi connectivity index (χ4n) is 4.07. The molecule has 0 saturated heterocycles. The summed E-state index contributed by atoms with van der Waals surface area (Å²) in [6, 6.07) is 15.3. The maximum Gasteiger partial charge on any atom is 0.259 e. The highest BCUT2D eigenvalue weighted by Crippen LogP contribution is 2.36. The molecule has 2 aromatic carbocycles. The standard InChI is InChI=1S/C27H32N4O2S/c1-6-17(5)23-26(33)31-24(30-23)20-10-8-9-11-21(20)29-27(31)34-22(7-2)25(32)28-19-14-12-18(13-15-19)16(3)4/h8-17,22-23H,6-7H2,1-5H3,(H,28,32)/t17-,22-,23-/m0/s1. The van der Waals surface area contributed by atoms with Crippen LogP contribution in [0.3, 0.4) is 0 Å². The maximum atomic E-state index is 13.4. The molecule has 2 amide bonds. The van der Waals surface area contributed by atoms with Crippen molar-refractivity contribution in [2.24, 2.45) is 15.9 Å². The SMILES string of the molecule is CC[C@H](SC1=Nc2ccccc2C2=N[C@@H]([C@@H](C)CC)C(=O)N12)C(=O)Nc1ccc(C(C)C)cc1. The molecule has 0 unspecified atom stereocenters. The van der Waals surface area contributed by atoms with E-state index < -0.39 is 11.3 Å². The van der Waals surface area contributed by atoms with Crippen LogP contribution in [-0.2, 0) is 9.59 Å². The number of amides is 2. The molecule has 7 heteroatoms. The van der Waals surface area contributed by atoms with Crippen molar-refractivity contribution in [2.45, 2.75) is 64.7 Å². The zero-order valence-corrected chi connectivity index (χ0v) is 21.2. The van der Waals surface area contributed by atoms with Gasteiger partial charge in [-0.1, -0.05) is 77.1 Å². The Morgan fingerprint density at radius 2 is 1.76 bits per heavy atom. The lowest BCUT2D eigenvalue weighted by Gasteiger charge is -2.27. The van der Waals surface area contributed by atoms with Gasteiger partial charge >= 0.3 is 0 Å². The molecule has 34 heavy (non-hydrogen) atoms. The van der Waals surface area contributed by atoms with Gasteiger partial charge in [0.2, 0.25) is 5.91 Å². The number of carbonyl (C=O) groups is 2. The van der Waals surface area contributed by atoms with Crippen LogP contribution in [0.25, 0.3) is 0 Å². The fraction of sp³-hybridized carbons (Fsp3) is 0.407. The molecule has 178 valence electrons. The van der Waals surface area contributed by atoms with E-state index in [1.54, 1.807) is 4.90 Å². The summed E-state index contributed by atoms with van der Waals surface area (Å²) >= 11 is 1.33. The van der Waals surface area contributed by atoms with Crippen molar-refractivity contribution < 1.29 is 9.59 Å². The maximum absolute atomic E-state index is 13.4. The van der Waals surface area contributed by atoms with Crippen molar-refractivity contribution >= 4 is 46.0 Å². The summed E-state index contributed by atoms with van der Waals surface area (Å²) < 4.78 is 0. The van der Waals surface area contributed by atoms with Crippen molar-refractivity contribution in [3.8, 4) is 0 Å². The normalized spacial score (nSPS) is 18.7. The second-order valence-corrected chi connectivity index (χ2v) is 10.3. The van der Waals surface area contributed by atoms with Crippen molar-refractivity contribution in [3.63, 3.8) is 0 Å². The molecule has 0 spiro atoms. The van der Waals surface area contributed by atoms with Gasteiger partial charge in [-0.15, -0.1) is 0 Å². The molecule has 0 saturated carbocycles. The van der Waals surface area contributed by atoms with Gasteiger partial charge in [-0.2, -0.15) is 0 Å². The molecule has 2 aromatic rings. The van der Waals surface area contributed by atoms with Crippen molar-refractivity contribution in [1.29, 1.82) is 0 Å². The van der Waals surface area contributed by atoms with Crippen LogP contribution in [0.2, 0.25) is 0 Å². The van der Waals surface area contributed by atoms with E-state index in [-0.39, 0.29) is 17.7 Å². The summed E-state index contributed by atoms with van der Waals surface area (Å²) in [5, 5.41) is 3.15. The highest BCUT2D eigenvalue weighted by atomic mass is 32.2. The van der Waals surface area contributed by atoms with E-state index in [0.29, 0.717) is 23.3 Å². The van der Waals surface area contributed by atoms with Gasteiger partial charge in [0, 0.05) is 11.3 Å². The third-order valence-corrected chi connectivity index (χ3v) is 7.75. The first-order valence-electron chi connectivity index (χ1n) is 12.0. The lowest BCUT2D eigenvalue weighted by Crippen LogP contribution is -2.43. The third-order valence-electron chi connectivity index (χ3n) is 6.44. The minimum Gasteiger partial charge on any atom is -0.325 e. The number of thioether (sulfide) groups is 1. The Morgan fingerprint density at radius 1 is 1.06 bits per heavy atom. The predicted molar refractivity (Wildman–Crippen MR) is 141 cm³/mol. The second-order valence-electron chi connectivity index (χ2n) is 9.15. The van der Waals surface area contributed by atoms with Gasteiger partial charge in [0.1, 0.15) is 11.9 Å². The molecule has 0 aromatic heterocycles. The van der Waals surface area contributed by atoms with E-state index in [9.17, 15) is 9.59 Å². The van der Waals surface area contributed by atoms with Crippen LogP contribution < -0.4 is 5.32 Å². The van der Waals surface area contributed by atoms with Gasteiger partial charge < -0.3 is 5.32 Å². The van der Waals surface area contributed by atoms with E-state index >= 15 is 0 Å². The Kier molecular flexibility index (Phi) is 7.22. The van der Waals surface area contributed by atoms with Crippen molar-refractivity contribution in [2.75, 3.05) is 5.32 Å². The summed E-state index contributed by atoms with van der Waals surface area (Å²) in [5.41, 5.74) is 3.62. The second kappa shape index (κ2) is 10.1. The number of anilines is 1. The average Bonchev–Trinajstić information content (AvgIpc) is 3.19. The Balaban J connectivity index is 1.59. The molecule has 2 aliphatic heterocycles. The number of amidine groups is 2. The van der Waals surface area contributed by atoms with Crippen molar-refractivity contribution in [1.82, 2.24) is 4.90 Å². The van der Waals surface area contributed by atoms with E-state index in [0.717, 1.165) is 23.4 Å². The summed E-state index contributed by atoms with van der Waals surface area (Å²) in [4.78, 5) is 37.8. The topological polar surface area (TPSA) is 74.1 Å². The highest BCUT2D eigenvalue weighted by Gasteiger charge is 2.43. The van der Waals surface area contributed by atoms with Crippen LogP contribution in [0.1, 0.15) is 64.5 Å². The summed E-state index contributed by atoms with van der Waals surface area (Å²) in [5.74, 6) is 1.04. The lowest BCUT2D eigenvalue weighted by molar-refractivity contribution is -0.125. The van der Waals surface area contributed by atoms with E-state index in [2.05, 4.69) is 26.1 Å². The molecular weight excluding hydrogens is 444 g/mol. The van der Waals surface area contributed by atoms with Gasteiger partial charge in [0.15, 0.2) is 5.17 Å². The highest BCUT2D eigenvalue weighted by molar-refractivity contribution is 8.15. The molecule has 4 rings (SSSR count). The first kappa shape index (κ1) is 24.2. The third kappa shape index (κ3) is 4.67. The Morgan fingerprint density at radius 3 is 2.41 bits per heavy atom. The Labute approximate surface area is 205 Å². The minimum atomic E-state index is -0.426. The van der Waals surface area contributed by atoms with Gasteiger partial charge in [0.25, 0.3) is 5.91 Å². The first-order valence-corrected chi connectivity index (χ1v) is 12.9. The first-order chi connectivity index (χ1) is 16.3. The van der Waals surface area contributed by atoms with Crippen LogP contribution in [-0.4, -0.2) is 39.0 Å². The van der Waals surface area contributed by atoms with Crippen LogP contribution in [0.5, 0.6) is 0 Å². The van der Waals surface area contributed by atoms with Gasteiger partial charge in [-0.25, -0.2) is 9.89 Å². The average molecular weight is 477 g/mol. The Bertz CT molecular complexity index is 1140. The molecule has 0 aliphatic carbocycles. The predicted octanol–water partition coefficient (Wildman–Crippen LogP) is 5.97. The monoisotopic (exact) mass is 476 g/mol. The van der Waals surface area contributed by atoms with Crippen LogP contribution >= 0.6 is 11.8 Å². The van der Waals surface area contributed by atoms with Gasteiger partial charge in [0.05, 0.1) is 10.9 Å². The number of nitrogens with zero attached hydrogens (tertiary/aromatic N) is 3. The number of hydrogen-bond donors (Lipinski definition) is 1. The van der Waals surface area contributed by atoms with Crippen molar-refractivity contribution in [3.05, 3.63) is 59.7 Å². The molecule has 2 heterocycles. The number of carbonyl (C=O) groups excluding carboxylic acids is 2. The summed E-state index contributed by atoms with van der Waals surface area (Å²) in [7, 11) is 0. The minimum absolute atomic E-state index is 0.0651. The number of aliphatic imine (C=N–C) groups is 2. The number of benzene rings is 2. The van der Waals surface area contributed by atoms with E-state index in [1.165, 1.54) is 17.3 Å². The number of rotatable bonds is 7. The summed E-state index contributed by atoms with van der Waals surface area (Å²) in [6.07, 6.45) is 1.46. The smallest absolute Gasteiger partial charge is 0.259 e. The zero-order chi connectivity index (χ0) is 24.4. The van der Waals surface area contributed by atoms with Crippen LogP contribution in [0.4, 0.5) is 11.4 Å². The molecule has 0 radical (unpaired) electrons. The molecular formula is C27H32N4O2S. The molecule has 0 bridgehead atoms. The quantitative estimate of drug-likeness (QED) is 0.535. The van der Waals surface area contributed by atoms with Crippen LogP contribution in [0, 0.1) is 5.92 Å². The number of nitrogens with one attached hydrogen (secondary N) is 1. The number of fused-ring (bicyclic) bond motifs is 3. The van der Waals surface area contributed by atoms with Gasteiger partial charge in [-0.3, -0.25) is 14.6 Å².